The average molecular weight is 223 g/mol. The van der Waals surface area contributed by atoms with Gasteiger partial charge < -0.3 is 9.88 Å². The van der Waals surface area contributed by atoms with E-state index in [1.165, 1.54) is 19.3 Å². The van der Waals surface area contributed by atoms with Gasteiger partial charge in [0.25, 0.3) is 0 Å². The predicted molar refractivity (Wildman–Crippen MR) is 68.4 cm³/mol. The molecule has 0 saturated carbocycles. The van der Waals surface area contributed by atoms with Crippen LogP contribution in [0.3, 0.4) is 0 Å². The van der Waals surface area contributed by atoms with Gasteiger partial charge in [-0.05, 0) is 25.8 Å². The molecule has 3 nitrogen and oxygen atoms in total. The Labute approximate surface area is 99.3 Å². The molecule has 1 heterocycles. The lowest BCUT2D eigenvalue weighted by Crippen LogP contribution is -2.34. The summed E-state index contributed by atoms with van der Waals surface area (Å²) in [6, 6.07) is 0.637. The van der Waals surface area contributed by atoms with Crippen LogP contribution in [0.25, 0.3) is 0 Å². The third kappa shape index (κ3) is 4.35. The Morgan fingerprint density at radius 3 is 2.62 bits per heavy atom. The van der Waals surface area contributed by atoms with Crippen molar-refractivity contribution in [3.05, 3.63) is 18.7 Å². The van der Waals surface area contributed by atoms with E-state index in [9.17, 15) is 0 Å². The lowest BCUT2D eigenvalue weighted by atomic mass is 9.95. The van der Waals surface area contributed by atoms with Crippen LogP contribution in [0.5, 0.6) is 0 Å². The summed E-state index contributed by atoms with van der Waals surface area (Å²) in [6.45, 7) is 9.00. The van der Waals surface area contributed by atoms with E-state index in [2.05, 4.69) is 35.6 Å². The van der Waals surface area contributed by atoms with E-state index in [4.69, 9.17) is 0 Å². The summed E-state index contributed by atoms with van der Waals surface area (Å²) in [4.78, 5) is 4.03. The molecule has 92 valence electrons. The Hall–Kier alpha value is -0.830. The number of imidazole rings is 1. The number of nitrogens with one attached hydrogen (secondary N) is 1. The van der Waals surface area contributed by atoms with Crippen molar-refractivity contribution in [1.29, 1.82) is 0 Å². The van der Waals surface area contributed by atoms with E-state index in [0.29, 0.717) is 6.04 Å². The first-order valence-corrected chi connectivity index (χ1v) is 6.47. The van der Waals surface area contributed by atoms with E-state index in [-0.39, 0.29) is 0 Å². The van der Waals surface area contributed by atoms with Crippen LogP contribution in [-0.4, -0.2) is 22.1 Å². The molecular weight excluding hydrogens is 198 g/mol. The first-order valence-electron chi connectivity index (χ1n) is 6.47. The van der Waals surface area contributed by atoms with Crippen molar-refractivity contribution in [2.45, 2.75) is 52.6 Å². The summed E-state index contributed by atoms with van der Waals surface area (Å²) in [5.74, 6) is 0.813. The summed E-state index contributed by atoms with van der Waals surface area (Å²) >= 11 is 0. The zero-order valence-corrected chi connectivity index (χ0v) is 10.8. The highest BCUT2D eigenvalue weighted by molar-refractivity contribution is 4.74. The minimum atomic E-state index is 0.637. The number of rotatable bonds is 8. The second kappa shape index (κ2) is 7.44. The summed E-state index contributed by atoms with van der Waals surface area (Å²) in [5.41, 5.74) is 0. The normalized spacial score (nSPS) is 13.2. The smallest absolute Gasteiger partial charge is 0.0945 e. The van der Waals surface area contributed by atoms with Gasteiger partial charge in [0.2, 0.25) is 0 Å². The standard InChI is InChI=1S/C13H25N3/c1-4-13(5-2)12(3)15-7-6-9-16-10-8-14-11-16/h8,10-13,15H,4-7,9H2,1-3H3. The molecule has 0 spiro atoms. The van der Waals surface area contributed by atoms with Crippen molar-refractivity contribution in [3.63, 3.8) is 0 Å². The molecule has 1 aromatic heterocycles. The summed E-state index contributed by atoms with van der Waals surface area (Å²) in [5, 5.41) is 3.61. The minimum absolute atomic E-state index is 0.637. The fourth-order valence-corrected chi connectivity index (χ4v) is 2.17. The SMILES string of the molecule is CCC(CC)C(C)NCCCn1ccnc1. The first kappa shape index (κ1) is 13.2. The van der Waals surface area contributed by atoms with Crippen LogP contribution in [-0.2, 0) is 6.54 Å². The zero-order chi connectivity index (χ0) is 11.8. The molecule has 1 aromatic rings. The highest BCUT2D eigenvalue weighted by Crippen LogP contribution is 2.12. The van der Waals surface area contributed by atoms with E-state index in [0.717, 1.165) is 19.0 Å². The molecule has 1 atom stereocenters. The fraction of sp³-hybridized carbons (Fsp3) is 0.769. The summed E-state index contributed by atoms with van der Waals surface area (Å²) in [7, 11) is 0. The Kier molecular flexibility index (Phi) is 6.16. The van der Waals surface area contributed by atoms with Crippen LogP contribution in [0.4, 0.5) is 0 Å². The highest BCUT2D eigenvalue weighted by Gasteiger charge is 2.11. The second-order valence-corrected chi connectivity index (χ2v) is 4.47. The van der Waals surface area contributed by atoms with Gasteiger partial charge in [-0.3, -0.25) is 0 Å². The van der Waals surface area contributed by atoms with Gasteiger partial charge >= 0.3 is 0 Å². The molecule has 0 saturated heterocycles. The van der Waals surface area contributed by atoms with E-state index >= 15 is 0 Å². The third-order valence-electron chi connectivity index (χ3n) is 3.37. The van der Waals surface area contributed by atoms with Gasteiger partial charge in [-0.1, -0.05) is 26.7 Å². The molecule has 16 heavy (non-hydrogen) atoms. The Morgan fingerprint density at radius 2 is 2.06 bits per heavy atom. The topological polar surface area (TPSA) is 29.9 Å². The molecule has 1 unspecified atom stereocenters. The van der Waals surface area contributed by atoms with Crippen molar-refractivity contribution in [3.8, 4) is 0 Å². The third-order valence-corrected chi connectivity index (χ3v) is 3.37. The van der Waals surface area contributed by atoms with Gasteiger partial charge in [-0.2, -0.15) is 0 Å². The molecule has 0 bridgehead atoms. The Balaban J connectivity index is 2.10. The zero-order valence-electron chi connectivity index (χ0n) is 10.8. The van der Waals surface area contributed by atoms with Crippen LogP contribution in [0.1, 0.15) is 40.0 Å². The van der Waals surface area contributed by atoms with Crippen LogP contribution >= 0.6 is 0 Å². The van der Waals surface area contributed by atoms with Crippen LogP contribution in [0.15, 0.2) is 18.7 Å². The summed E-state index contributed by atoms with van der Waals surface area (Å²) < 4.78 is 2.13. The van der Waals surface area contributed by atoms with Crippen molar-refractivity contribution in [2.75, 3.05) is 6.54 Å². The lowest BCUT2D eigenvalue weighted by molar-refractivity contribution is 0.350. The van der Waals surface area contributed by atoms with E-state index < -0.39 is 0 Å². The van der Waals surface area contributed by atoms with Gasteiger partial charge in [-0.25, -0.2) is 4.98 Å². The molecule has 0 amide bonds. The van der Waals surface area contributed by atoms with Crippen molar-refractivity contribution >= 4 is 0 Å². The van der Waals surface area contributed by atoms with E-state index in [1.807, 2.05) is 18.7 Å². The quantitative estimate of drug-likeness (QED) is 0.687. The van der Waals surface area contributed by atoms with Gasteiger partial charge in [0, 0.05) is 25.0 Å². The number of hydrogen-bond acceptors (Lipinski definition) is 2. The van der Waals surface area contributed by atoms with Gasteiger partial charge in [-0.15, -0.1) is 0 Å². The maximum Gasteiger partial charge on any atom is 0.0945 e. The predicted octanol–water partition coefficient (Wildman–Crippen LogP) is 2.69. The molecule has 0 radical (unpaired) electrons. The number of aromatic nitrogens is 2. The lowest BCUT2D eigenvalue weighted by Gasteiger charge is -2.22. The maximum absolute atomic E-state index is 4.03. The monoisotopic (exact) mass is 223 g/mol. The number of aryl methyl sites for hydroxylation is 1. The van der Waals surface area contributed by atoms with Crippen LogP contribution < -0.4 is 5.32 Å². The largest absolute Gasteiger partial charge is 0.337 e. The summed E-state index contributed by atoms with van der Waals surface area (Å²) in [6.07, 6.45) is 9.44. The Morgan fingerprint density at radius 1 is 1.31 bits per heavy atom. The molecule has 0 fully saturated rings. The second-order valence-electron chi connectivity index (χ2n) is 4.47. The molecule has 3 heteroatoms. The molecule has 0 aromatic carbocycles. The molecule has 0 aliphatic rings. The molecule has 0 aliphatic heterocycles. The van der Waals surface area contributed by atoms with Crippen LogP contribution in [0.2, 0.25) is 0 Å². The van der Waals surface area contributed by atoms with Crippen LogP contribution in [0, 0.1) is 5.92 Å². The highest BCUT2D eigenvalue weighted by atomic mass is 15.0. The van der Waals surface area contributed by atoms with Gasteiger partial charge in [0.1, 0.15) is 0 Å². The molecular formula is C13H25N3. The number of nitrogens with zero attached hydrogens (tertiary/aromatic N) is 2. The number of hydrogen-bond donors (Lipinski definition) is 1. The van der Waals surface area contributed by atoms with Gasteiger partial charge in [0.15, 0.2) is 0 Å². The van der Waals surface area contributed by atoms with Gasteiger partial charge in [0.05, 0.1) is 6.33 Å². The molecule has 0 aliphatic carbocycles. The van der Waals surface area contributed by atoms with E-state index in [1.54, 1.807) is 0 Å². The van der Waals surface area contributed by atoms with Crippen molar-refractivity contribution in [2.24, 2.45) is 5.92 Å². The van der Waals surface area contributed by atoms with Crippen molar-refractivity contribution < 1.29 is 0 Å². The first-order chi connectivity index (χ1) is 7.77. The Bertz CT molecular complexity index is 252. The minimum Gasteiger partial charge on any atom is -0.337 e. The molecule has 1 N–H and O–H groups in total. The van der Waals surface area contributed by atoms with Crippen molar-refractivity contribution in [1.82, 2.24) is 14.9 Å². The molecule has 1 rings (SSSR count). The fourth-order valence-electron chi connectivity index (χ4n) is 2.17. The average Bonchev–Trinajstić information content (AvgIpc) is 2.79. The maximum atomic E-state index is 4.03.